The van der Waals surface area contributed by atoms with Gasteiger partial charge in [-0.05, 0) is 97.3 Å². The molecule has 4 unspecified atom stereocenters. The molecule has 3 aliphatic carbocycles. The lowest BCUT2D eigenvalue weighted by atomic mass is 9.55. The van der Waals surface area contributed by atoms with Crippen LogP contribution in [0.2, 0.25) is 0 Å². The van der Waals surface area contributed by atoms with Gasteiger partial charge in [-0.25, -0.2) is 0 Å². The molecule has 3 aliphatic rings. The van der Waals surface area contributed by atoms with E-state index < -0.39 is 0 Å². The highest BCUT2D eigenvalue weighted by Crippen LogP contribution is 2.60. The summed E-state index contributed by atoms with van der Waals surface area (Å²) in [4.78, 5) is 13.5. The Bertz CT molecular complexity index is 1000. The van der Waals surface area contributed by atoms with E-state index in [-0.39, 0.29) is 5.41 Å². The largest absolute Gasteiger partial charge is 0.497 e. The highest BCUT2D eigenvalue weighted by molar-refractivity contribution is 6.05. The second-order valence-corrected chi connectivity index (χ2v) is 9.62. The van der Waals surface area contributed by atoms with Gasteiger partial charge in [-0.3, -0.25) is 9.48 Å². The van der Waals surface area contributed by atoms with Crippen molar-refractivity contribution in [3.8, 4) is 5.75 Å². The normalized spacial score (nSPS) is 31.4. The number of rotatable bonds is 4. The van der Waals surface area contributed by atoms with Crippen LogP contribution in [0.15, 0.2) is 36.0 Å². The molecule has 1 aromatic carbocycles. The molecule has 2 saturated carbocycles. The summed E-state index contributed by atoms with van der Waals surface area (Å²) in [6.07, 6.45) is 10.3. The van der Waals surface area contributed by atoms with Gasteiger partial charge in [0, 0.05) is 18.2 Å². The third kappa shape index (κ3) is 2.95. The summed E-state index contributed by atoms with van der Waals surface area (Å²) in [5, 5.41) is 4.44. The summed E-state index contributed by atoms with van der Waals surface area (Å²) < 4.78 is 7.47. The Hall–Kier alpha value is -2.36. The Morgan fingerprint density at radius 3 is 2.97 bits per heavy atom. The van der Waals surface area contributed by atoms with Gasteiger partial charge in [0.25, 0.3) is 0 Å². The lowest BCUT2D eigenvalue weighted by Gasteiger charge is -2.48. The minimum Gasteiger partial charge on any atom is -0.497 e. The standard InChI is InChI=1S/C26H32N2O2/c1-4-13-28-19(10-12-27-28)14-18-16-24-23-7-5-17-15-20(30-3)6-8-21(17)22(23)9-11-26(24,2)25(18)29/h6,8,10,12,14-15,22-24H,4-5,7,9,11,13,16H2,1-3H3. The van der Waals surface area contributed by atoms with Crippen LogP contribution in [0, 0.1) is 17.3 Å². The van der Waals surface area contributed by atoms with Crippen LogP contribution in [0.4, 0.5) is 0 Å². The molecule has 0 saturated heterocycles. The molecule has 1 aromatic heterocycles. The Morgan fingerprint density at radius 1 is 1.30 bits per heavy atom. The van der Waals surface area contributed by atoms with Gasteiger partial charge in [0.1, 0.15) is 5.75 Å². The number of hydrogen-bond donors (Lipinski definition) is 0. The first-order valence-corrected chi connectivity index (χ1v) is 11.5. The van der Waals surface area contributed by atoms with Gasteiger partial charge < -0.3 is 4.74 Å². The quantitative estimate of drug-likeness (QED) is 0.639. The smallest absolute Gasteiger partial charge is 0.165 e. The fourth-order valence-electron chi connectivity index (χ4n) is 6.53. The second kappa shape index (κ2) is 7.40. The molecular formula is C26H32N2O2. The van der Waals surface area contributed by atoms with Gasteiger partial charge in [-0.15, -0.1) is 0 Å². The van der Waals surface area contributed by atoms with E-state index in [2.05, 4.69) is 43.2 Å². The number of carbonyl (C=O) groups is 1. The van der Waals surface area contributed by atoms with Crippen molar-refractivity contribution in [1.82, 2.24) is 9.78 Å². The van der Waals surface area contributed by atoms with Crippen molar-refractivity contribution in [2.45, 2.75) is 64.8 Å². The Balaban J connectivity index is 1.46. The van der Waals surface area contributed by atoms with Crippen LogP contribution in [0.1, 0.15) is 68.7 Å². The van der Waals surface area contributed by atoms with Crippen molar-refractivity contribution in [2.24, 2.45) is 17.3 Å². The number of Topliss-reactive ketones (excluding diaryl/α,β-unsaturated/α-hetero) is 1. The Kier molecular flexibility index (Phi) is 4.83. The molecule has 0 N–H and O–H groups in total. The highest BCUT2D eigenvalue weighted by atomic mass is 16.5. The number of nitrogens with zero attached hydrogens (tertiary/aromatic N) is 2. The SMILES string of the molecule is CCCn1nccc1C=C1CC2C3CCc4cc(OC)ccc4C3CCC2(C)C1=O. The van der Waals surface area contributed by atoms with Gasteiger partial charge >= 0.3 is 0 Å². The molecule has 0 amide bonds. The molecule has 0 radical (unpaired) electrons. The molecule has 4 atom stereocenters. The lowest BCUT2D eigenvalue weighted by Crippen LogP contribution is -2.42. The van der Waals surface area contributed by atoms with Crippen LogP contribution in [0.25, 0.3) is 6.08 Å². The average molecular weight is 405 g/mol. The van der Waals surface area contributed by atoms with E-state index in [0.29, 0.717) is 23.5 Å². The first kappa shape index (κ1) is 19.6. The molecule has 158 valence electrons. The monoisotopic (exact) mass is 404 g/mol. The van der Waals surface area contributed by atoms with Crippen LogP contribution in [0.5, 0.6) is 5.75 Å². The predicted molar refractivity (Wildman–Crippen MR) is 118 cm³/mol. The number of methoxy groups -OCH3 is 1. The van der Waals surface area contributed by atoms with E-state index in [0.717, 1.165) is 55.7 Å². The lowest BCUT2D eigenvalue weighted by molar-refractivity contribution is -0.127. The molecule has 0 bridgehead atoms. The molecule has 0 spiro atoms. The topological polar surface area (TPSA) is 44.1 Å². The van der Waals surface area contributed by atoms with Gasteiger partial charge in [0.15, 0.2) is 5.78 Å². The molecule has 5 rings (SSSR count). The van der Waals surface area contributed by atoms with Crippen LogP contribution in [-0.4, -0.2) is 22.7 Å². The third-order valence-corrected chi connectivity index (χ3v) is 8.08. The van der Waals surface area contributed by atoms with E-state index in [1.807, 2.05) is 16.9 Å². The van der Waals surface area contributed by atoms with Crippen molar-refractivity contribution in [2.75, 3.05) is 7.11 Å². The maximum atomic E-state index is 13.5. The fraction of sp³-hybridized carbons (Fsp3) is 0.538. The van der Waals surface area contributed by atoms with Crippen LogP contribution >= 0.6 is 0 Å². The summed E-state index contributed by atoms with van der Waals surface area (Å²) in [6.45, 7) is 5.29. The van der Waals surface area contributed by atoms with Gasteiger partial charge in [0.2, 0.25) is 0 Å². The molecule has 2 fully saturated rings. The zero-order valence-electron chi connectivity index (χ0n) is 18.4. The van der Waals surface area contributed by atoms with Crippen molar-refractivity contribution in [3.63, 3.8) is 0 Å². The maximum absolute atomic E-state index is 13.5. The molecule has 4 nitrogen and oxygen atoms in total. The summed E-state index contributed by atoms with van der Waals surface area (Å²) in [5.74, 6) is 2.97. The van der Waals surface area contributed by atoms with E-state index in [4.69, 9.17) is 4.74 Å². The minimum absolute atomic E-state index is 0.202. The van der Waals surface area contributed by atoms with E-state index in [9.17, 15) is 4.79 Å². The van der Waals surface area contributed by atoms with Gasteiger partial charge in [0.05, 0.1) is 12.8 Å². The first-order valence-electron chi connectivity index (χ1n) is 11.5. The number of ether oxygens (including phenoxy) is 1. The summed E-state index contributed by atoms with van der Waals surface area (Å²) >= 11 is 0. The zero-order chi connectivity index (χ0) is 20.9. The Labute approximate surface area is 179 Å². The van der Waals surface area contributed by atoms with E-state index in [1.165, 1.54) is 17.5 Å². The van der Waals surface area contributed by atoms with E-state index in [1.54, 1.807) is 7.11 Å². The van der Waals surface area contributed by atoms with Crippen molar-refractivity contribution >= 4 is 11.9 Å². The fourth-order valence-corrected chi connectivity index (χ4v) is 6.53. The molecule has 0 aliphatic heterocycles. The van der Waals surface area contributed by atoms with Crippen LogP contribution in [0.3, 0.4) is 0 Å². The molecular weight excluding hydrogens is 372 g/mol. The van der Waals surface area contributed by atoms with Crippen molar-refractivity contribution < 1.29 is 9.53 Å². The second-order valence-electron chi connectivity index (χ2n) is 9.62. The average Bonchev–Trinajstić information content (AvgIpc) is 3.30. The zero-order valence-corrected chi connectivity index (χ0v) is 18.4. The summed E-state index contributed by atoms with van der Waals surface area (Å²) in [7, 11) is 1.74. The van der Waals surface area contributed by atoms with Gasteiger partial charge in [-0.2, -0.15) is 5.10 Å². The number of allylic oxidation sites excluding steroid dienone is 1. The number of benzene rings is 1. The maximum Gasteiger partial charge on any atom is 0.165 e. The van der Waals surface area contributed by atoms with E-state index >= 15 is 0 Å². The number of aromatic nitrogens is 2. The minimum atomic E-state index is -0.202. The van der Waals surface area contributed by atoms with Crippen molar-refractivity contribution in [1.29, 1.82) is 0 Å². The summed E-state index contributed by atoms with van der Waals surface area (Å²) in [6, 6.07) is 8.65. The number of ketones is 1. The van der Waals surface area contributed by atoms with Crippen LogP contribution in [-0.2, 0) is 17.8 Å². The summed E-state index contributed by atoms with van der Waals surface area (Å²) in [5.41, 5.74) is 4.83. The Morgan fingerprint density at radius 2 is 2.17 bits per heavy atom. The first-order chi connectivity index (χ1) is 14.5. The number of hydrogen-bond acceptors (Lipinski definition) is 3. The molecule has 30 heavy (non-hydrogen) atoms. The highest BCUT2D eigenvalue weighted by Gasteiger charge is 2.56. The van der Waals surface area contributed by atoms with Crippen molar-refractivity contribution in [3.05, 3.63) is 52.9 Å². The molecule has 1 heterocycles. The van der Waals surface area contributed by atoms with Crippen LogP contribution < -0.4 is 4.74 Å². The molecule has 2 aromatic rings. The van der Waals surface area contributed by atoms with Gasteiger partial charge in [-0.1, -0.05) is 19.9 Å². The third-order valence-electron chi connectivity index (χ3n) is 8.08. The predicted octanol–water partition coefficient (Wildman–Crippen LogP) is 5.42. The number of fused-ring (bicyclic) bond motifs is 5. The number of carbonyl (C=O) groups excluding carboxylic acids is 1. The molecule has 4 heteroatoms. The number of aryl methyl sites for hydroxylation is 2.